The number of unbranched alkanes of at least 4 members (excludes halogenated alkanes) is 1. The van der Waals surface area contributed by atoms with Gasteiger partial charge in [-0.15, -0.1) is 0 Å². The van der Waals surface area contributed by atoms with Crippen LogP contribution in [0.3, 0.4) is 0 Å². The average Bonchev–Trinajstić information content (AvgIpc) is 2.15. The molecule has 0 atom stereocenters. The molecule has 0 amide bonds. The summed E-state index contributed by atoms with van der Waals surface area (Å²) >= 11 is 0. The quantitative estimate of drug-likeness (QED) is 0.476. The predicted molar refractivity (Wildman–Crippen MR) is 55.6 cm³/mol. The zero-order valence-electron chi connectivity index (χ0n) is 8.38. The first-order valence-electron chi connectivity index (χ1n) is 5.18. The van der Waals surface area contributed by atoms with Gasteiger partial charge in [-0.05, 0) is 44.6 Å². The standard InChI is InChI=1S/C12H18O/c1-2-3-4-5-8-11-9-6-7-10-12(11)13/h2-3,9H,4-8,10H2,1H3/b3-2-. The first kappa shape index (κ1) is 10.2. The molecule has 1 nitrogen and oxygen atoms in total. The summed E-state index contributed by atoms with van der Waals surface area (Å²) in [6.45, 7) is 2.03. The van der Waals surface area contributed by atoms with Crippen molar-refractivity contribution in [3.05, 3.63) is 23.8 Å². The van der Waals surface area contributed by atoms with Crippen molar-refractivity contribution in [3.8, 4) is 0 Å². The van der Waals surface area contributed by atoms with Crippen LogP contribution in [0, 0.1) is 0 Å². The van der Waals surface area contributed by atoms with Gasteiger partial charge in [-0.1, -0.05) is 18.2 Å². The molecule has 1 aliphatic carbocycles. The largest absolute Gasteiger partial charge is 0.295 e. The summed E-state index contributed by atoms with van der Waals surface area (Å²) in [4.78, 5) is 11.4. The maximum atomic E-state index is 11.4. The predicted octanol–water partition coefficient (Wildman–Crippen LogP) is 3.41. The van der Waals surface area contributed by atoms with Crippen LogP contribution in [0.2, 0.25) is 0 Å². The van der Waals surface area contributed by atoms with Crippen LogP contribution in [0.15, 0.2) is 23.8 Å². The molecule has 13 heavy (non-hydrogen) atoms. The van der Waals surface area contributed by atoms with Crippen molar-refractivity contribution in [2.45, 2.75) is 45.4 Å². The molecule has 0 saturated carbocycles. The van der Waals surface area contributed by atoms with Crippen LogP contribution >= 0.6 is 0 Å². The van der Waals surface area contributed by atoms with Gasteiger partial charge in [0.1, 0.15) is 0 Å². The smallest absolute Gasteiger partial charge is 0.158 e. The highest BCUT2D eigenvalue weighted by atomic mass is 16.1. The van der Waals surface area contributed by atoms with E-state index in [2.05, 4.69) is 18.2 Å². The van der Waals surface area contributed by atoms with Gasteiger partial charge in [0.05, 0.1) is 0 Å². The van der Waals surface area contributed by atoms with Crippen LogP contribution in [-0.2, 0) is 4.79 Å². The number of ketones is 1. The lowest BCUT2D eigenvalue weighted by atomic mass is 9.94. The van der Waals surface area contributed by atoms with Gasteiger partial charge in [0, 0.05) is 6.42 Å². The Morgan fingerprint density at radius 1 is 1.54 bits per heavy atom. The number of hydrogen-bond donors (Lipinski definition) is 0. The van der Waals surface area contributed by atoms with Gasteiger partial charge in [-0.3, -0.25) is 4.79 Å². The molecule has 0 unspecified atom stereocenters. The normalized spacial score (nSPS) is 17.9. The Morgan fingerprint density at radius 3 is 3.08 bits per heavy atom. The Morgan fingerprint density at radius 2 is 2.38 bits per heavy atom. The lowest BCUT2D eigenvalue weighted by molar-refractivity contribution is -0.116. The summed E-state index contributed by atoms with van der Waals surface area (Å²) in [5.74, 6) is 0.381. The third-order valence-corrected chi connectivity index (χ3v) is 2.41. The molecule has 0 aromatic heterocycles. The van der Waals surface area contributed by atoms with Gasteiger partial charge < -0.3 is 0 Å². The summed E-state index contributed by atoms with van der Waals surface area (Å²) in [6.07, 6.45) is 12.5. The van der Waals surface area contributed by atoms with Gasteiger partial charge in [-0.2, -0.15) is 0 Å². The minimum atomic E-state index is 0.381. The maximum absolute atomic E-state index is 11.4. The van der Waals surface area contributed by atoms with Crippen LogP contribution in [0.4, 0.5) is 0 Å². The molecule has 0 radical (unpaired) electrons. The van der Waals surface area contributed by atoms with Crippen molar-refractivity contribution in [1.29, 1.82) is 0 Å². The molecule has 0 aliphatic heterocycles. The Hall–Kier alpha value is -0.850. The van der Waals surface area contributed by atoms with Crippen LogP contribution in [-0.4, -0.2) is 5.78 Å². The van der Waals surface area contributed by atoms with E-state index in [4.69, 9.17) is 0 Å². The van der Waals surface area contributed by atoms with E-state index in [0.717, 1.165) is 44.1 Å². The molecule has 0 heterocycles. The number of carbonyl (C=O) groups is 1. The minimum Gasteiger partial charge on any atom is -0.295 e. The Labute approximate surface area is 80.5 Å². The Bertz CT molecular complexity index is 223. The first-order chi connectivity index (χ1) is 6.34. The van der Waals surface area contributed by atoms with Crippen molar-refractivity contribution >= 4 is 5.78 Å². The van der Waals surface area contributed by atoms with Gasteiger partial charge in [0.2, 0.25) is 0 Å². The third kappa shape index (κ3) is 3.58. The van der Waals surface area contributed by atoms with E-state index in [9.17, 15) is 4.79 Å². The molecule has 1 rings (SSSR count). The van der Waals surface area contributed by atoms with Crippen molar-refractivity contribution in [3.63, 3.8) is 0 Å². The molecule has 1 aliphatic rings. The van der Waals surface area contributed by atoms with E-state index in [1.54, 1.807) is 0 Å². The van der Waals surface area contributed by atoms with E-state index in [1.165, 1.54) is 0 Å². The second kappa shape index (κ2) is 5.74. The highest BCUT2D eigenvalue weighted by Crippen LogP contribution is 2.18. The van der Waals surface area contributed by atoms with Crippen molar-refractivity contribution in [2.24, 2.45) is 0 Å². The average molecular weight is 178 g/mol. The summed E-state index contributed by atoms with van der Waals surface area (Å²) in [5, 5.41) is 0. The molecule has 0 aromatic rings. The summed E-state index contributed by atoms with van der Waals surface area (Å²) in [5.41, 5.74) is 1.08. The summed E-state index contributed by atoms with van der Waals surface area (Å²) in [6, 6.07) is 0. The van der Waals surface area contributed by atoms with Gasteiger partial charge >= 0.3 is 0 Å². The lowest BCUT2D eigenvalue weighted by Gasteiger charge is -2.10. The number of allylic oxidation sites excluding steroid dienone is 4. The molecule has 0 bridgehead atoms. The second-order valence-electron chi connectivity index (χ2n) is 3.51. The number of carbonyl (C=O) groups excluding carboxylic acids is 1. The van der Waals surface area contributed by atoms with Crippen LogP contribution in [0.5, 0.6) is 0 Å². The number of Topliss-reactive ketones (excluding diaryl/α,β-unsaturated/α-hetero) is 1. The highest BCUT2D eigenvalue weighted by molar-refractivity contribution is 5.95. The monoisotopic (exact) mass is 178 g/mol. The lowest BCUT2D eigenvalue weighted by Crippen LogP contribution is -2.06. The van der Waals surface area contributed by atoms with Crippen LogP contribution in [0.25, 0.3) is 0 Å². The van der Waals surface area contributed by atoms with Crippen molar-refractivity contribution < 1.29 is 4.79 Å². The fourth-order valence-electron chi connectivity index (χ4n) is 1.63. The second-order valence-corrected chi connectivity index (χ2v) is 3.51. The fraction of sp³-hybridized carbons (Fsp3) is 0.583. The fourth-order valence-corrected chi connectivity index (χ4v) is 1.63. The molecule has 0 fully saturated rings. The van der Waals surface area contributed by atoms with Gasteiger partial charge in [-0.25, -0.2) is 0 Å². The molecule has 72 valence electrons. The molecule has 0 saturated heterocycles. The van der Waals surface area contributed by atoms with Gasteiger partial charge in [0.15, 0.2) is 5.78 Å². The maximum Gasteiger partial charge on any atom is 0.158 e. The van der Waals surface area contributed by atoms with E-state index in [-0.39, 0.29) is 0 Å². The third-order valence-electron chi connectivity index (χ3n) is 2.41. The first-order valence-corrected chi connectivity index (χ1v) is 5.18. The molecule has 0 aromatic carbocycles. The van der Waals surface area contributed by atoms with Gasteiger partial charge in [0.25, 0.3) is 0 Å². The molecular formula is C12H18O. The van der Waals surface area contributed by atoms with Crippen LogP contribution in [0.1, 0.15) is 45.4 Å². The van der Waals surface area contributed by atoms with Crippen LogP contribution < -0.4 is 0 Å². The van der Waals surface area contributed by atoms with E-state index < -0.39 is 0 Å². The topological polar surface area (TPSA) is 17.1 Å². The zero-order valence-corrected chi connectivity index (χ0v) is 8.38. The Kier molecular flexibility index (Phi) is 4.52. The van der Waals surface area contributed by atoms with E-state index in [1.807, 2.05) is 6.92 Å². The summed E-state index contributed by atoms with van der Waals surface area (Å²) < 4.78 is 0. The zero-order chi connectivity index (χ0) is 9.52. The molecular weight excluding hydrogens is 160 g/mol. The minimum absolute atomic E-state index is 0.381. The Balaban J connectivity index is 2.27. The molecule has 0 N–H and O–H groups in total. The van der Waals surface area contributed by atoms with Crippen molar-refractivity contribution in [1.82, 2.24) is 0 Å². The van der Waals surface area contributed by atoms with E-state index >= 15 is 0 Å². The number of rotatable bonds is 4. The SMILES string of the molecule is C/C=C\CCCC1=CCCCC1=O. The van der Waals surface area contributed by atoms with Crippen molar-refractivity contribution in [2.75, 3.05) is 0 Å². The molecule has 1 heteroatoms. The number of hydrogen-bond acceptors (Lipinski definition) is 1. The summed E-state index contributed by atoms with van der Waals surface area (Å²) in [7, 11) is 0. The molecule has 0 spiro atoms. The van der Waals surface area contributed by atoms with E-state index in [0.29, 0.717) is 5.78 Å². The highest BCUT2D eigenvalue weighted by Gasteiger charge is 2.11.